The van der Waals surface area contributed by atoms with Crippen LogP contribution < -0.4 is 10.6 Å². The van der Waals surface area contributed by atoms with Crippen molar-refractivity contribution >= 4 is 17.3 Å². The maximum atomic E-state index is 6.08. The van der Waals surface area contributed by atoms with Crippen LogP contribution in [0.15, 0.2) is 18.2 Å². The second-order valence-electron chi connectivity index (χ2n) is 4.53. The zero-order chi connectivity index (χ0) is 12.8. The largest absolute Gasteiger partial charge is 0.371 e. The zero-order valence-electron chi connectivity index (χ0n) is 11.0. The van der Waals surface area contributed by atoms with Gasteiger partial charge in [0.15, 0.2) is 0 Å². The fourth-order valence-corrected chi connectivity index (χ4v) is 2.07. The van der Waals surface area contributed by atoms with Gasteiger partial charge in [0.25, 0.3) is 0 Å². The molecule has 0 aromatic heterocycles. The zero-order valence-corrected chi connectivity index (χ0v) is 11.8. The van der Waals surface area contributed by atoms with Gasteiger partial charge in [-0.05, 0) is 30.5 Å². The molecule has 1 atom stereocenters. The molecule has 0 aliphatic carbocycles. The number of benzene rings is 1. The molecule has 0 amide bonds. The summed E-state index contributed by atoms with van der Waals surface area (Å²) in [5.41, 5.74) is 8.14. The maximum absolute atomic E-state index is 6.08. The molecular weight excluding hydrogens is 232 g/mol. The molecule has 1 unspecified atom stereocenters. The van der Waals surface area contributed by atoms with Crippen LogP contribution in [0.2, 0.25) is 5.02 Å². The summed E-state index contributed by atoms with van der Waals surface area (Å²) in [5, 5.41) is 0.778. The summed E-state index contributed by atoms with van der Waals surface area (Å²) < 4.78 is 0. The number of halogens is 1. The Hall–Kier alpha value is -0.730. The molecule has 0 aliphatic rings. The third kappa shape index (κ3) is 3.90. The molecule has 0 saturated heterocycles. The molecule has 1 aromatic carbocycles. The van der Waals surface area contributed by atoms with Gasteiger partial charge in [-0.15, -0.1) is 0 Å². The minimum Gasteiger partial charge on any atom is -0.371 e. The molecule has 0 bridgehead atoms. The number of anilines is 1. The quantitative estimate of drug-likeness (QED) is 0.839. The van der Waals surface area contributed by atoms with Crippen molar-refractivity contribution in [3.8, 4) is 0 Å². The second-order valence-corrected chi connectivity index (χ2v) is 4.97. The van der Waals surface area contributed by atoms with Gasteiger partial charge in [0.2, 0.25) is 0 Å². The number of nitrogens with two attached hydrogens (primary N) is 1. The molecule has 0 fully saturated rings. The van der Waals surface area contributed by atoms with Crippen LogP contribution in [0.1, 0.15) is 32.8 Å². The minimum atomic E-state index is 0.559. The van der Waals surface area contributed by atoms with Crippen LogP contribution in [0.5, 0.6) is 0 Å². The van der Waals surface area contributed by atoms with Crippen LogP contribution in [-0.2, 0) is 6.54 Å². The summed E-state index contributed by atoms with van der Waals surface area (Å²) in [6.07, 6.45) is 1.19. The molecule has 0 aliphatic heterocycles. The summed E-state index contributed by atoms with van der Waals surface area (Å²) in [6, 6.07) is 5.96. The van der Waals surface area contributed by atoms with Gasteiger partial charge in [0, 0.05) is 30.3 Å². The Labute approximate surface area is 110 Å². The monoisotopic (exact) mass is 254 g/mol. The lowest BCUT2D eigenvalue weighted by Gasteiger charge is -2.28. The van der Waals surface area contributed by atoms with Crippen molar-refractivity contribution in [3.05, 3.63) is 28.8 Å². The topological polar surface area (TPSA) is 29.3 Å². The highest BCUT2D eigenvalue weighted by molar-refractivity contribution is 6.30. The van der Waals surface area contributed by atoms with Gasteiger partial charge in [0.1, 0.15) is 0 Å². The van der Waals surface area contributed by atoms with Crippen LogP contribution >= 0.6 is 11.6 Å². The van der Waals surface area contributed by atoms with Gasteiger partial charge in [-0.1, -0.05) is 37.9 Å². The first-order valence-electron chi connectivity index (χ1n) is 6.35. The maximum Gasteiger partial charge on any atom is 0.0426 e. The third-order valence-electron chi connectivity index (χ3n) is 3.22. The first-order valence-corrected chi connectivity index (χ1v) is 6.73. The number of rotatable bonds is 6. The fraction of sp³-hybridized carbons (Fsp3) is 0.571. The van der Waals surface area contributed by atoms with Gasteiger partial charge in [-0.25, -0.2) is 0 Å². The molecule has 0 saturated carbocycles. The molecule has 17 heavy (non-hydrogen) atoms. The molecule has 1 aromatic rings. The van der Waals surface area contributed by atoms with Crippen LogP contribution in [-0.4, -0.2) is 13.1 Å². The average Bonchev–Trinajstić information content (AvgIpc) is 2.35. The highest BCUT2D eigenvalue weighted by Crippen LogP contribution is 2.25. The van der Waals surface area contributed by atoms with E-state index in [0.717, 1.165) is 18.1 Å². The van der Waals surface area contributed by atoms with Crippen LogP contribution in [0.4, 0.5) is 5.69 Å². The van der Waals surface area contributed by atoms with Gasteiger partial charge in [-0.3, -0.25) is 0 Å². The number of hydrogen-bond acceptors (Lipinski definition) is 2. The molecular formula is C14H23ClN2. The van der Waals surface area contributed by atoms with Crippen molar-refractivity contribution in [1.82, 2.24) is 0 Å². The minimum absolute atomic E-state index is 0.559. The normalized spacial score (nSPS) is 12.5. The van der Waals surface area contributed by atoms with Gasteiger partial charge in [0.05, 0.1) is 0 Å². The van der Waals surface area contributed by atoms with Gasteiger partial charge in [-0.2, -0.15) is 0 Å². The van der Waals surface area contributed by atoms with E-state index in [1.165, 1.54) is 17.7 Å². The lowest BCUT2D eigenvalue weighted by atomic mass is 10.1. The van der Waals surface area contributed by atoms with E-state index in [2.05, 4.69) is 25.7 Å². The van der Waals surface area contributed by atoms with E-state index in [4.69, 9.17) is 17.3 Å². The Balaban J connectivity index is 2.97. The van der Waals surface area contributed by atoms with Crippen molar-refractivity contribution in [2.24, 2.45) is 11.7 Å². The first kappa shape index (κ1) is 14.3. The molecule has 3 heteroatoms. The van der Waals surface area contributed by atoms with Crippen molar-refractivity contribution in [2.75, 3.05) is 18.0 Å². The van der Waals surface area contributed by atoms with Crippen molar-refractivity contribution in [1.29, 1.82) is 0 Å². The van der Waals surface area contributed by atoms with E-state index in [1.54, 1.807) is 0 Å². The summed E-state index contributed by atoms with van der Waals surface area (Å²) in [7, 11) is 0. The van der Waals surface area contributed by atoms with E-state index in [9.17, 15) is 0 Å². The van der Waals surface area contributed by atoms with E-state index in [0.29, 0.717) is 12.5 Å². The van der Waals surface area contributed by atoms with E-state index in [-0.39, 0.29) is 0 Å². The lowest BCUT2D eigenvalue weighted by molar-refractivity contribution is 0.547. The molecule has 1 rings (SSSR count). The second kappa shape index (κ2) is 6.87. The van der Waals surface area contributed by atoms with Gasteiger partial charge < -0.3 is 10.6 Å². The number of hydrogen-bond donors (Lipinski definition) is 1. The third-order valence-corrected chi connectivity index (χ3v) is 3.45. The molecule has 96 valence electrons. The molecule has 0 heterocycles. The Kier molecular flexibility index (Phi) is 5.79. The highest BCUT2D eigenvalue weighted by atomic mass is 35.5. The average molecular weight is 255 g/mol. The summed E-state index contributed by atoms with van der Waals surface area (Å²) in [6.45, 7) is 9.26. The van der Waals surface area contributed by atoms with E-state index >= 15 is 0 Å². The van der Waals surface area contributed by atoms with Crippen molar-refractivity contribution < 1.29 is 0 Å². The summed E-state index contributed by atoms with van der Waals surface area (Å²) >= 11 is 6.08. The van der Waals surface area contributed by atoms with Crippen LogP contribution in [0, 0.1) is 5.92 Å². The molecule has 2 nitrogen and oxygen atoms in total. The summed E-state index contributed by atoms with van der Waals surface area (Å²) in [5.74, 6) is 0.680. The number of nitrogens with zero attached hydrogens (tertiary/aromatic N) is 1. The Morgan fingerprint density at radius 1 is 1.35 bits per heavy atom. The predicted molar refractivity (Wildman–Crippen MR) is 76.7 cm³/mol. The van der Waals surface area contributed by atoms with E-state index in [1.807, 2.05) is 18.2 Å². The highest BCUT2D eigenvalue weighted by Gasteiger charge is 2.12. The predicted octanol–water partition coefficient (Wildman–Crippen LogP) is 3.67. The van der Waals surface area contributed by atoms with Crippen LogP contribution in [0.25, 0.3) is 0 Å². The van der Waals surface area contributed by atoms with Gasteiger partial charge >= 0.3 is 0 Å². The first-order chi connectivity index (χ1) is 8.12. The summed E-state index contributed by atoms with van der Waals surface area (Å²) in [4.78, 5) is 2.36. The Morgan fingerprint density at radius 3 is 2.59 bits per heavy atom. The van der Waals surface area contributed by atoms with Crippen molar-refractivity contribution in [3.63, 3.8) is 0 Å². The van der Waals surface area contributed by atoms with Crippen LogP contribution in [0.3, 0.4) is 0 Å². The van der Waals surface area contributed by atoms with Crippen molar-refractivity contribution in [2.45, 2.75) is 33.7 Å². The molecule has 0 radical (unpaired) electrons. The Morgan fingerprint density at radius 2 is 2.06 bits per heavy atom. The molecule has 2 N–H and O–H groups in total. The SMILES string of the molecule is CCC(C)CN(CC)c1cc(Cl)ccc1CN. The Bertz CT molecular complexity index is 352. The van der Waals surface area contributed by atoms with E-state index < -0.39 is 0 Å². The standard InChI is InChI=1S/C14H23ClN2/c1-4-11(3)10-17(5-2)14-8-13(15)7-6-12(14)9-16/h6-8,11H,4-5,9-10,16H2,1-3H3. The smallest absolute Gasteiger partial charge is 0.0426 e. The molecule has 0 spiro atoms. The lowest BCUT2D eigenvalue weighted by Crippen LogP contribution is -2.29. The fourth-order valence-electron chi connectivity index (χ4n) is 1.91.